The molecule has 0 unspecified atom stereocenters. The number of nitrogens with one attached hydrogen (secondary N) is 1. The predicted octanol–water partition coefficient (Wildman–Crippen LogP) is 1.88. The molecule has 0 bridgehead atoms. The van der Waals surface area contributed by atoms with Crippen LogP contribution in [-0.2, 0) is 11.3 Å². The molecule has 0 spiro atoms. The van der Waals surface area contributed by atoms with E-state index < -0.39 is 5.97 Å². The first-order chi connectivity index (χ1) is 9.76. The highest BCUT2D eigenvalue weighted by Gasteiger charge is 2.12. The molecule has 0 fully saturated rings. The second-order valence-corrected chi connectivity index (χ2v) is 3.92. The number of methoxy groups -OCH3 is 2. The molecule has 2 aromatic heterocycles. The van der Waals surface area contributed by atoms with E-state index in [0.29, 0.717) is 23.8 Å². The topological polar surface area (TPSA) is 73.3 Å². The fourth-order valence-electron chi connectivity index (χ4n) is 1.74. The van der Waals surface area contributed by atoms with E-state index in [0.717, 1.165) is 5.56 Å². The summed E-state index contributed by atoms with van der Waals surface area (Å²) in [7, 11) is 2.90. The molecule has 0 radical (unpaired) electrons. The molecule has 0 amide bonds. The maximum Gasteiger partial charge on any atom is 0.341 e. The van der Waals surface area contributed by atoms with Gasteiger partial charge < -0.3 is 14.8 Å². The second-order valence-electron chi connectivity index (χ2n) is 3.92. The molecule has 2 aromatic rings. The number of pyridine rings is 2. The lowest BCUT2D eigenvalue weighted by Crippen LogP contribution is -2.10. The van der Waals surface area contributed by atoms with Crippen molar-refractivity contribution in [2.24, 2.45) is 0 Å². The van der Waals surface area contributed by atoms with E-state index in [1.165, 1.54) is 7.11 Å². The van der Waals surface area contributed by atoms with Crippen molar-refractivity contribution in [3.63, 3.8) is 0 Å². The van der Waals surface area contributed by atoms with Crippen LogP contribution in [0.5, 0.6) is 5.88 Å². The Kier molecular flexibility index (Phi) is 4.49. The van der Waals surface area contributed by atoms with Gasteiger partial charge in [0.2, 0.25) is 5.88 Å². The van der Waals surface area contributed by atoms with E-state index in [-0.39, 0.29) is 0 Å². The van der Waals surface area contributed by atoms with Crippen LogP contribution in [0, 0.1) is 0 Å². The minimum atomic E-state index is -0.432. The van der Waals surface area contributed by atoms with Gasteiger partial charge in [0.05, 0.1) is 14.2 Å². The van der Waals surface area contributed by atoms with Crippen molar-refractivity contribution < 1.29 is 14.3 Å². The average molecular weight is 273 g/mol. The van der Waals surface area contributed by atoms with Crippen LogP contribution in [0.4, 0.5) is 5.82 Å². The molecule has 6 heteroatoms. The van der Waals surface area contributed by atoms with Crippen molar-refractivity contribution in [3.8, 4) is 5.88 Å². The van der Waals surface area contributed by atoms with E-state index in [9.17, 15) is 4.79 Å². The summed E-state index contributed by atoms with van der Waals surface area (Å²) in [6.07, 6.45) is 3.26. The third kappa shape index (κ3) is 3.03. The maximum atomic E-state index is 11.6. The first-order valence-corrected chi connectivity index (χ1v) is 6.01. The second kappa shape index (κ2) is 6.51. The standard InChI is InChI=1S/C14H15N3O3/c1-19-13-10(5-3-8-16-13)9-17-12-11(14(18)20-2)6-4-7-15-12/h3-8H,9H2,1-2H3,(H,15,17). The molecule has 104 valence electrons. The lowest BCUT2D eigenvalue weighted by atomic mass is 10.2. The number of hydrogen-bond acceptors (Lipinski definition) is 6. The largest absolute Gasteiger partial charge is 0.481 e. The van der Waals surface area contributed by atoms with Crippen molar-refractivity contribution >= 4 is 11.8 Å². The fraction of sp³-hybridized carbons (Fsp3) is 0.214. The molecule has 1 N–H and O–H groups in total. The number of carbonyl (C=O) groups excluding carboxylic acids is 1. The first-order valence-electron chi connectivity index (χ1n) is 6.01. The van der Waals surface area contributed by atoms with Gasteiger partial charge in [0.25, 0.3) is 0 Å². The zero-order valence-electron chi connectivity index (χ0n) is 11.3. The smallest absolute Gasteiger partial charge is 0.341 e. The van der Waals surface area contributed by atoms with Crippen molar-refractivity contribution in [1.29, 1.82) is 0 Å². The molecular weight excluding hydrogens is 258 g/mol. The van der Waals surface area contributed by atoms with Gasteiger partial charge >= 0.3 is 5.97 Å². The average Bonchev–Trinajstić information content (AvgIpc) is 2.52. The molecule has 2 rings (SSSR count). The van der Waals surface area contributed by atoms with Crippen LogP contribution < -0.4 is 10.1 Å². The Morgan fingerprint density at radius 3 is 2.70 bits per heavy atom. The number of esters is 1. The Labute approximate surface area is 116 Å². The molecule has 0 aromatic carbocycles. The van der Waals surface area contributed by atoms with Gasteiger partial charge in [-0.25, -0.2) is 14.8 Å². The summed E-state index contributed by atoms with van der Waals surface area (Å²) in [6, 6.07) is 7.04. The lowest BCUT2D eigenvalue weighted by Gasteiger charge is -2.11. The molecule has 0 saturated heterocycles. The van der Waals surface area contributed by atoms with Crippen LogP contribution >= 0.6 is 0 Å². The van der Waals surface area contributed by atoms with Gasteiger partial charge in [0, 0.05) is 24.5 Å². The highest BCUT2D eigenvalue weighted by Crippen LogP contribution is 2.17. The van der Waals surface area contributed by atoms with Crippen LogP contribution in [0.3, 0.4) is 0 Å². The summed E-state index contributed by atoms with van der Waals surface area (Å²) in [5.41, 5.74) is 1.26. The fourth-order valence-corrected chi connectivity index (χ4v) is 1.74. The summed E-state index contributed by atoms with van der Waals surface area (Å²) >= 11 is 0. The van der Waals surface area contributed by atoms with Crippen LogP contribution in [0.1, 0.15) is 15.9 Å². The van der Waals surface area contributed by atoms with Crippen molar-refractivity contribution in [1.82, 2.24) is 9.97 Å². The predicted molar refractivity (Wildman–Crippen MR) is 73.7 cm³/mol. The monoisotopic (exact) mass is 273 g/mol. The quantitative estimate of drug-likeness (QED) is 0.838. The molecule has 0 aliphatic heterocycles. The Hall–Kier alpha value is -2.63. The highest BCUT2D eigenvalue weighted by atomic mass is 16.5. The van der Waals surface area contributed by atoms with Crippen LogP contribution in [-0.4, -0.2) is 30.2 Å². The number of aromatic nitrogens is 2. The Morgan fingerprint density at radius 2 is 1.95 bits per heavy atom. The van der Waals surface area contributed by atoms with E-state index in [1.54, 1.807) is 31.6 Å². The van der Waals surface area contributed by atoms with E-state index in [4.69, 9.17) is 9.47 Å². The van der Waals surface area contributed by atoms with E-state index >= 15 is 0 Å². The van der Waals surface area contributed by atoms with Gasteiger partial charge in [0.15, 0.2) is 0 Å². The number of nitrogens with zero attached hydrogens (tertiary/aromatic N) is 2. The summed E-state index contributed by atoms with van der Waals surface area (Å²) in [5, 5.41) is 3.09. The zero-order chi connectivity index (χ0) is 14.4. The van der Waals surface area contributed by atoms with Gasteiger partial charge in [-0.1, -0.05) is 6.07 Å². The molecule has 0 aliphatic carbocycles. The summed E-state index contributed by atoms with van der Waals surface area (Å²) < 4.78 is 9.89. The van der Waals surface area contributed by atoms with Crippen molar-refractivity contribution in [2.75, 3.05) is 19.5 Å². The van der Waals surface area contributed by atoms with E-state index in [1.807, 2.05) is 12.1 Å². The van der Waals surface area contributed by atoms with E-state index in [2.05, 4.69) is 15.3 Å². The molecule has 6 nitrogen and oxygen atoms in total. The minimum absolute atomic E-state index is 0.387. The summed E-state index contributed by atoms with van der Waals surface area (Å²) in [6.45, 7) is 0.442. The molecule has 0 aliphatic rings. The minimum Gasteiger partial charge on any atom is -0.481 e. The normalized spacial score (nSPS) is 9.90. The Morgan fingerprint density at radius 1 is 1.20 bits per heavy atom. The number of anilines is 1. The van der Waals surface area contributed by atoms with Crippen LogP contribution in [0.2, 0.25) is 0 Å². The molecule has 20 heavy (non-hydrogen) atoms. The van der Waals surface area contributed by atoms with Crippen LogP contribution in [0.15, 0.2) is 36.7 Å². The van der Waals surface area contributed by atoms with Crippen molar-refractivity contribution in [2.45, 2.75) is 6.54 Å². The number of rotatable bonds is 5. The maximum absolute atomic E-state index is 11.6. The number of carbonyl (C=O) groups is 1. The molecule has 0 atom stereocenters. The van der Waals surface area contributed by atoms with Crippen molar-refractivity contribution in [3.05, 3.63) is 47.8 Å². The Bertz CT molecular complexity index is 602. The summed E-state index contributed by atoms with van der Waals surface area (Å²) in [4.78, 5) is 19.9. The number of hydrogen-bond donors (Lipinski definition) is 1. The van der Waals surface area contributed by atoms with Gasteiger partial charge in [-0.15, -0.1) is 0 Å². The first kappa shape index (κ1) is 13.8. The molecular formula is C14H15N3O3. The summed E-state index contributed by atoms with van der Waals surface area (Å²) in [5.74, 6) is 0.569. The third-order valence-electron chi connectivity index (χ3n) is 2.70. The SMILES string of the molecule is COC(=O)c1cccnc1NCc1cccnc1OC. The lowest BCUT2D eigenvalue weighted by molar-refractivity contribution is 0.0601. The van der Waals surface area contributed by atoms with Crippen LogP contribution in [0.25, 0.3) is 0 Å². The van der Waals surface area contributed by atoms with Gasteiger partial charge in [0.1, 0.15) is 11.4 Å². The van der Waals surface area contributed by atoms with Gasteiger partial charge in [-0.3, -0.25) is 0 Å². The molecule has 2 heterocycles. The number of ether oxygens (including phenoxy) is 2. The zero-order valence-corrected chi connectivity index (χ0v) is 11.3. The van der Waals surface area contributed by atoms with Gasteiger partial charge in [-0.05, 0) is 18.2 Å². The van der Waals surface area contributed by atoms with Gasteiger partial charge in [-0.2, -0.15) is 0 Å². The third-order valence-corrected chi connectivity index (χ3v) is 2.70. The highest BCUT2D eigenvalue weighted by molar-refractivity contribution is 5.94. The molecule has 0 saturated carbocycles. The Balaban J connectivity index is 2.17.